The summed E-state index contributed by atoms with van der Waals surface area (Å²) in [4.78, 5) is 36.2. The molecule has 0 radical (unpaired) electrons. The second-order valence-corrected chi connectivity index (χ2v) is 5.90. The van der Waals surface area contributed by atoms with Crippen molar-refractivity contribution in [1.82, 2.24) is 4.90 Å². The molecule has 0 atom stereocenters. The average molecular weight is 365 g/mol. The maximum absolute atomic E-state index is 12.4. The molecule has 2 rings (SSSR count). The number of hydrogen-bond acceptors (Lipinski definition) is 7. The van der Waals surface area contributed by atoms with E-state index in [0.717, 1.165) is 0 Å². The molecular formula is C17H23N3O6. The molecule has 9 heteroatoms. The van der Waals surface area contributed by atoms with E-state index < -0.39 is 4.92 Å². The number of benzene rings is 1. The van der Waals surface area contributed by atoms with E-state index in [4.69, 9.17) is 9.47 Å². The molecule has 0 spiro atoms. The SMILES string of the molecule is CCOC(=O)C1CCN(C(=O)CNc2cc([N+](=O)[O-])ccc2OC)CC1. The van der Waals surface area contributed by atoms with Crippen molar-refractivity contribution >= 4 is 23.3 Å². The topological polar surface area (TPSA) is 111 Å². The number of carbonyl (C=O) groups excluding carboxylic acids is 2. The predicted octanol–water partition coefficient (Wildman–Crippen LogP) is 1.82. The fourth-order valence-electron chi connectivity index (χ4n) is 2.86. The highest BCUT2D eigenvalue weighted by Gasteiger charge is 2.28. The van der Waals surface area contributed by atoms with Crippen molar-refractivity contribution in [2.75, 3.05) is 38.7 Å². The second-order valence-electron chi connectivity index (χ2n) is 5.90. The van der Waals surface area contributed by atoms with Crippen LogP contribution in [0.15, 0.2) is 18.2 Å². The van der Waals surface area contributed by atoms with E-state index in [9.17, 15) is 19.7 Å². The van der Waals surface area contributed by atoms with E-state index in [2.05, 4.69) is 5.32 Å². The van der Waals surface area contributed by atoms with Crippen molar-refractivity contribution in [2.24, 2.45) is 5.92 Å². The first-order valence-corrected chi connectivity index (χ1v) is 8.47. The van der Waals surface area contributed by atoms with Crippen LogP contribution in [0.4, 0.5) is 11.4 Å². The zero-order chi connectivity index (χ0) is 19.1. The largest absolute Gasteiger partial charge is 0.495 e. The molecule has 1 aliphatic rings. The summed E-state index contributed by atoms with van der Waals surface area (Å²) in [5.41, 5.74) is 0.299. The lowest BCUT2D eigenvalue weighted by atomic mass is 9.97. The van der Waals surface area contributed by atoms with Crippen LogP contribution in [-0.2, 0) is 14.3 Å². The minimum atomic E-state index is -0.507. The number of non-ortho nitro benzene ring substituents is 1. The van der Waals surface area contributed by atoms with Gasteiger partial charge in [-0.25, -0.2) is 0 Å². The molecule has 0 saturated carbocycles. The Labute approximate surface area is 151 Å². The van der Waals surface area contributed by atoms with Gasteiger partial charge < -0.3 is 19.7 Å². The Morgan fingerprint density at radius 3 is 2.62 bits per heavy atom. The van der Waals surface area contributed by atoms with Crippen molar-refractivity contribution in [1.29, 1.82) is 0 Å². The number of nitrogens with one attached hydrogen (secondary N) is 1. The fourth-order valence-corrected chi connectivity index (χ4v) is 2.86. The Balaban J connectivity index is 1.90. The van der Waals surface area contributed by atoms with Gasteiger partial charge >= 0.3 is 5.97 Å². The Morgan fingerprint density at radius 2 is 2.04 bits per heavy atom. The van der Waals surface area contributed by atoms with Crippen LogP contribution in [-0.4, -0.2) is 55.1 Å². The number of esters is 1. The molecule has 1 N–H and O–H groups in total. The number of nitrogens with zero attached hydrogens (tertiary/aromatic N) is 2. The zero-order valence-electron chi connectivity index (χ0n) is 14.9. The molecule has 0 aromatic heterocycles. The molecule has 1 saturated heterocycles. The van der Waals surface area contributed by atoms with Crippen molar-refractivity contribution in [3.63, 3.8) is 0 Å². The van der Waals surface area contributed by atoms with Gasteiger partial charge in [-0.3, -0.25) is 19.7 Å². The predicted molar refractivity (Wildman–Crippen MR) is 94.1 cm³/mol. The normalized spacial score (nSPS) is 14.6. The van der Waals surface area contributed by atoms with Gasteiger partial charge in [0.15, 0.2) is 0 Å². The molecule has 26 heavy (non-hydrogen) atoms. The minimum Gasteiger partial charge on any atom is -0.495 e. The maximum Gasteiger partial charge on any atom is 0.309 e. The van der Waals surface area contributed by atoms with E-state index in [-0.39, 0.29) is 30.0 Å². The van der Waals surface area contributed by atoms with E-state index in [0.29, 0.717) is 44.0 Å². The van der Waals surface area contributed by atoms with Gasteiger partial charge in [-0.15, -0.1) is 0 Å². The highest BCUT2D eigenvalue weighted by atomic mass is 16.6. The van der Waals surface area contributed by atoms with Crippen molar-refractivity contribution in [3.05, 3.63) is 28.3 Å². The van der Waals surface area contributed by atoms with E-state index in [1.54, 1.807) is 11.8 Å². The summed E-state index contributed by atoms with van der Waals surface area (Å²) in [6, 6.07) is 4.15. The molecule has 1 aliphatic heterocycles. The van der Waals surface area contributed by atoms with Crippen molar-refractivity contribution in [2.45, 2.75) is 19.8 Å². The number of nitro benzene ring substituents is 1. The summed E-state index contributed by atoms with van der Waals surface area (Å²) in [5.74, 6) is -0.0897. The van der Waals surface area contributed by atoms with E-state index in [1.807, 2.05) is 0 Å². The first kappa shape index (κ1) is 19.5. The summed E-state index contributed by atoms with van der Waals surface area (Å²) >= 11 is 0. The molecule has 142 valence electrons. The molecule has 1 aromatic carbocycles. The van der Waals surface area contributed by atoms with Gasteiger partial charge in [0.25, 0.3) is 5.69 Å². The summed E-state index contributed by atoms with van der Waals surface area (Å²) in [5, 5.41) is 13.8. The van der Waals surface area contributed by atoms with E-state index in [1.165, 1.54) is 25.3 Å². The number of anilines is 1. The van der Waals surface area contributed by atoms with Gasteiger partial charge in [0.2, 0.25) is 5.91 Å². The molecular weight excluding hydrogens is 342 g/mol. The number of likely N-dealkylation sites (tertiary alicyclic amines) is 1. The average Bonchev–Trinajstić information content (AvgIpc) is 2.66. The van der Waals surface area contributed by atoms with Crippen LogP contribution in [0.1, 0.15) is 19.8 Å². The van der Waals surface area contributed by atoms with E-state index >= 15 is 0 Å². The monoisotopic (exact) mass is 365 g/mol. The third kappa shape index (κ3) is 4.84. The number of rotatable bonds is 7. The Morgan fingerprint density at radius 1 is 1.35 bits per heavy atom. The third-order valence-electron chi connectivity index (χ3n) is 4.29. The second kappa shape index (κ2) is 9.02. The van der Waals surface area contributed by atoms with Gasteiger partial charge in [-0.2, -0.15) is 0 Å². The number of amides is 1. The maximum atomic E-state index is 12.4. The van der Waals surface area contributed by atoms with Gasteiger partial charge in [0.05, 0.1) is 36.8 Å². The zero-order valence-corrected chi connectivity index (χ0v) is 14.9. The fraction of sp³-hybridized carbons (Fsp3) is 0.529. The van der Waals surface area contributed by atoms with Crippen molar-refractivity contribution < 1.29 is 24.0 Å². The first-order chi connectivity index (χ1) is 12.5. The summed E-state index contributed by atoms with van der Waals surface area (Å²) < 4.78 is 10.2. The number of piperidine rings is 1. The lowest BCUT2D eigenvalue weighted by Gasteiger charge is -2.31. The Hall–Kier alpha value is -2.84. The first-order valence-electron chi connectivity index (χ1n) is 8.47. The quantitative estimate of drug-likeness (QED) is 0.446. The Kier molecular flexibility index (Phi) is 6.76. The standard InChI is InChI=1S/C17H23N3O6/c1-3-26-17(22)12-6-8-19(9-7-12)16(21)11-18-14-10-13(20(23)24)4-5-15(14)25-2/h4-5,10,12,18H,3,6-9,11H2,1-2H3. The minimum absolute atomic E-state index is 0.0123. The Bertz CT molecular complexity index is 670. The molecule has 1 aromatic rings. The van der Waals surface area contributed by atoms with Gasteiger partial charge in [0, 0.05) is 25.2 Å². The highest BCUT2D eigenvalue weighted by molar-refractivity contribution is 5.82. The molecule has 0 bridgehead atoms. The van der Waals surface area contributed by atoms with Gasteiger partial charge in [-0.05, 0) is 25.8 Å². The molecule has 1 heterocycles. The lowest BCUT2D eigenvalue weighted by molar-refractivity contribution is -0.384. The summed E-state index contributed by atoms with van der Waals surface area (Å²) in [6.07, 6.45) is 1.15. The number of carbonyl (C=O) groups is 2. The summed E-state index contributed by atoms with van der Waals surface area (Å²) in [7, 11) is 1.45. The lowest BCUT2D eigenvalue weighted by Crippen LogP contribution is -2.43. The van der Waals surface area contributed by atoms with Crippen LogP contribution in [0, 0.1) is 16.0 Å². The number of nitro groups is 1. The number of ether oxygens (including phenoxy) is 2. The summed E-state index contributed by atoms with van der Waals surface area (Å²) in [6.45, 7) is 3.07. The van der Waals surface area contributed by atoms with Crippen LogP contribution < -0.4 is 10.1 Å². The molecule has 1 amide bonds. The van der Waals surface area contributed by atoms with Crippen LogP contribution >= 0.6 is 0 Å². The number of hydrogen-bond donors (Lipinski definition) is 1. The molecule has 0 aliphatic carbocycles. The van der Waals surface area contributed by atoms with Crippen LogP contribution in [0.25, 0.3) is 0 Å². The molecule has 1 fully saturated rings. The number of methoxy groups -OCH3 is 1. The van der Waals surface area contributed by atoms with Crippen LogP contribution in [0.2, 0.25) is 0 Å². The molecule has 0 unspecified atom stereocenters. The van der Waals surface area contributed by atoms with Crippen molar-refractivity contribution in [3.8, 4) is 5.75 Å². The van der Waals surface area contributed by atoms with Gasteiger partial charge in [0.1, 0.15) is 5.75 Å². The van der Waals surface area contributed by atoms with Crippen LogP contribution in [0.3, 0.4) is 0 Å². The van der Waals surface area contributed by atoms with Gasteiger partial charge in [-0.1, -0.05) is 0 Å². The van der Waals surface area contributed by atoms with Crippen LogP contribution in [0.5, 0.6) is 5.75 Å². The smallest absolute Gasteiger partial charge is 0.309 e. The molecule has 9 nitrogen and oxygen atoms in total. The highest BCUT2D eigenvalue weighted by Crippen LogP contribution is 2.28. The third-order valence-corrected chi connectivity index (χ3v) is 4.29.